The van der Waals surface area contributed by atoms with Gasteiger partial charge in [-0.1, -0.05) is 36.4 Å². The van der Waals surface area contributed by atoms with Crippen molar-refractivity contribution in [3.8, 4) is 22.4 Å². The minimum absolute atomic E-state index is 0.0527. The second kappa shape index (κ2) is 8.93. The number of aromatic amines is 1. The maximum Gasteiger partial charge on any atom is 0.294 e. The number of hydrogen-bond acceptors (Lipinski definition) is 8. The molecule has 4 aromatic heterocycles. The first kappa shape index (κ1) is 24.2. The molecule has 1 amide bonds. The van der Waals surface area contributed by atoms with Crippen molar-refractivity contribution in [2.24, 2.45) is 0 Å². The third kappa shape index (κ3) is 3.83. The number of H-pyrrole nitrogens is 1. The Morgan fingerprint density at radius 2 is 1.78 bits per heavy atom. The summed E-state index contributed by atoms with van der Waals surface area (Å²) in [6.07, 6.45) is 9.66. The number of carbonyl (C=O) groups is 1. The number of aromatic nitrogens is 7. The zero-order valence-corrected chi connectivity index (χ0v) is 22.3. The number of nitrogens with zero attached hydrogens (tertiary/aromatic N) is 7. The van der Waals surface area contributed by atoms with Crippen molar-refractivity contribution in [2.75, 3.05) is 5.73 Å². The van der Waals surface area contributed by atoms with Gasteiger partial charge in [0.15, 0.2) is 5.65 Å². The Morgan fingerprint density at radius 1 is 1.00 bits per heavy atom. The monoisotopic (exact) mass is 547 g/mol. The van der Waals surface area contributed by atoms with E-state index in [0.717, 1.165) is 53.8 Å². The van der Waals surface area contributed by atoms with Crippen molar-refractivity contribution >= 4 is 17.4 Å². The van der Waals surface area contributed by atoms with Crippen LogP contribution < -0.4 is 5.73 Å². The lowest BCUT2D eigenvalue weighted by Gasteiger charge is -2.39. The molecule has 2 bridgehead atoms. The normalized spacial score (nSPS) is 22.8. The number of nitrogen functional groups attached to an aromatic ring is 1. The summed E-state index contributed by atoms with van der Waals surface area (Å²) >= 11 is 0. The zero-order valence-electron chi connectivity index (χ0n) is 22.3. The van der Waals surface area contributed by atoms with E-state index in [1.165, 1.54) is 6.33 Å². The van der Waals surface area contributed by atoms with Crippen molar-refractivity contribution in [1.29, 1.82) is 0 Å². The number of fused-ring (bicyclic) bond motifs is 3. The first-order valence-corrected chi connectivity index (χ1v) is 14.1. The lowest BCUT2D eigenvalue weighted by Crippen LogP contribution is -2.46. The van der Waals surface area contributed by atoms with E-state index in [-0.39, 0.29) is 29.7 Å². The predicted octanol–water partition coefficient (Wildman–Crippen LogP) is 3.69. The lowest BCUT2D eigenvalue weighted by atomic mass is 9.84. The van der Waals surface area contributed by atoms with Crippen molar-refractivity contribution < 1.29 is 9.90 Å². The van der Waals surface area contributed by atoms with E-state index in [4.69, 9.17) is 15.7 Å². The van der Waals surface area contributed by atoms with Gasteiger partial charge >= 0.3 is 0 Å². The molecular weight excluding hydrogens is 518 g/mol. The molecule has 2 aliphatic heterocycles. The molecule has 41 heavy (non-hydrogen) atoms. The summed E-state index contributed by atoms with van der Waals surface area (Å²) in [5.74, 6) is 0.548. The van der Waals surface area contributed by atoms with E-state index in [1.807, 2.05) is 53.6 Å². The molecule has 5 aromatic rings. The summed E-state index contributed by atoms with van der Waals surface area (Å²) in [6.45, 7) is 0. The fraction of sp³-hybridized carbons (Fsp3) is 0.333. The quantitative estimate of drug-likeness (QED) is 0.301. The van der Waals surface area contributed by atoms with Crippen molar-refractivity contribution in [2.45, 2.75) is 62.1 Å². The Bertz CT molecular complexity index is 1750. The third-order valence-electron chi connectivity index (χ3n) is 9.00. The largest absolute Gasteiger partial charge is 0.385 e. The van der Waals surface area contributed by atoms with E-state index in [1.54, 1.807) is 10.7 Å². The minimum Gasteiger partial charge on any atom is -0.385 e. The highest BCUT2D eigenvalue weighted by molar-refractivity contribution is 5.91. The minimum atomic E-state index is -0.990. The molecular formula is C30H29N9O2. The average molecular weight is 548 g/mol. The maximum absolute atomic E-state index is 13.2. The van der Waals surface area contributed by atoms with Gasteiger partial charge in [0, 0.05) is 46.5 Å². The number of amides is 1. The molecule has 1 saturated carbocycles. The summed E-state index contributed by atoms with van der Waals surface area (Å²) in [4.78, 5) is 29.1. The van der Waals surface area contributed by atoms with Gasteiger partial charge in [-0.05, 0) is 44.6 Å². The van der Waals surface area contributed by atoms with Crippen molar-refractivity contribution in [1.82, 2.24) is 39.7 Å². The molecule has 11 heteroatoms. The van der Waals surface area contributed by atoms with Gasteiger partial charge in [0.2, 0.25) is 5.82 Å². The third-order valence-corrected chi connectivity index (χ3v) is 9.00. The maximum atomic E-state index is 13.2. The number of aliphatic hydroxyl groups is 1. The van der Waals surface area contributed by atoms with Crippen LogP contribution in [0.1, 0.15) is 66.3 Å². The van der Waals surface area contributed by atoms with E-state index in [9.17, 15) is 9.90 Å². The van der Waals surface area contributed by atoms with Crippen LogP contribution in [0.5, 0.6) is 0 Å². The molecule has 4 N–H and O–H groups in total. The number of pyridine rings is 1. The molecule has 3 fully saturated rings. The number of hydrogen-bond donors (Lipinski definition) is 3. The topological polar surface area (TPSA) is 151 Å². The van der Waals surface area contributed by atoms with Gasteiger partial charge in [-0.15, -0.1) is 5.10 Å². The van der Waals surface area contributed by atoms with Gasteiger partial charge in [-0.25, -0.2) is 9.97 Å². The number of nitrogens with two attached hydrogens (primary N) is 1. The van der Waals surface area contributed by atoms with Crippen LogP contribution in [-0.4, -0.2) is 62.8 Å². The summed E-state index contributed by atoms with van der Waals surface area (Å²) in [5, 5.41) is 22.6. The Labute approximate surface area is 235 Å². The Hall–Kier alpha value is -4.64. The van der Waals surface area contributed by atoms with Crippen LogP contribution in [0.3, 0.4) is 0 Å². The Kier molecular flexibility index (Phi) is 5.27. The average Bonchev–Trinajstić information content (AvgIpc) is 3.35. The van der Waals surface area contributed by atoms with E-state index in [0.29, 0.717) is 29.9 Å². The number of piperidine rings is 1. The number of anilines is 1. The van der Waals surface area contributed by atoms with Crippen molar-refractivity contribution in [3.05, 3.63) is 78.3 Å². The highest BCUT2D eigenvalue weighted by atomic mass is 16.3. The molecule has 0 spiro atoms. The molecule has 2 saturated heterocycles. The number of nitrogens with one attached hydrogen (secondary N) is 1. The first-order chi connectivity index (χ1) is 20.0. The van der Waals surface area contributed by atoms with Crippen LogP contribution in [0.15, 0.2) is 61.2 Å². The lowest BCUT2D eigenvalue weighted by molar-refractivity contribution is 0.0554. The number of benzene rings is 1. The van der Waals surface area contributed by atoms with Gasteiger partial charge < -0.3 is 15.7 Å². The molecule has 0 radical (unpaired) electrons. The van der Waals surface area contributed by atoms with E-state index in [2.05, 4.69) is 20.3 Å². The molecule has 3 aliphatic rings. The standard InChI is InChI=1S/C30H29N9O2/c31-26-24(30(41)10-11-30)25(19-12-20-7-8-21(13-19)38(20)29(40)27-33-16-34-37-27)36-28-22(15-35-39(26)28)18-6-9-23(32-14-18)17-4-2-1-3-5-17/h1-6,9,14-16,19-21,41H,7-8,10-13,31H2,(H,33,34,37)/t19-,20-,21+. The molecule has 3 atom stereocenters. The van der Waals surface area contributed by atoms with Gasteiger partial charge in [0.25, 0.3) is 5.91 Å². The number of rotatable bonds is 5. The van der Waals surface area contributed by atoms with Crippen LogP contribution in [0.4, 0.5) is 5.82 Å². The summed E-state index contributed by atoms with van der Waals surface area (Å²) in [7, 11) is 0. The molecule has 0 unspecified atom stereocenters. The summed E-state index contributed by atoms with van der Waals surface area (Å²) < 4.78 is 1.64. The van der Waals surface area contributed by atoms with Crippen LogP contribution in [0, 0.1) is 0 Å². The van der Waals surface area contributed by atoms with Gasteiger partial charge in [-0.3, -0.25) is 14.9 Å². The summed E-state index contributed by atoms with van der Waals surface area (Å²) in [5.41, 5.74) is 11.6. The van der Waals surface area contributed by atoms with Crippen LogP contribution in [0.25, 0.3) is 28.0 Å². The Balaban J connectivity index is 1.18. The van der Waals surface area contributed by atoms with Crippen molar-refractivity contribution in [3.63, 3.8) is 0 Å². The molecule has 6 heterocycles. The smallest absolute Gasteiger partial charge is 0.294 e. The molecule has 206 valence electrons. The fourth-order valence-electron chi connectivity index (χ4n) is 6.87. The van der Waals surface area contributed by atoms with Crippen LogP contribution in [-0.2, 0) is 5.60 Å². The second-order valence-electron chi connectivity index (χ2n) is 11.5. The second-order valence-corrected chi connectivity index (χ2v) is 11.5. The Morgan fingerprint density at radius 3 is 2.44 bits per heavy atom. The molecule has 8 rings (SSSR count). The molecule has 1 aromatic carbocycles. The van der Waals surface area contributed by atoms with Gasteiger partial charge in [0.1, 0.15) is 12.1 Å². The van der Waals surface area contributed by atoms with E-state index >= 15 is 0 Å². The highest BCUT2D eigenvalue weighted by Gasteiger charge is 2.50. The number of carbonyl (C=O) groups excluding carboxylic acids is 1. The SMILES string of the molecule is Nc1c(C2(O)CC2)c([C@@H]2C[C@H]3CC[C@@H](C2)N3C(=O)c2nc[nH]n2)nc2c(-c3ccc(-c4ccccc4)nc3)cnn12. The zero-order chi connectivity index (χ0) is 27.7. The van der Waals surface area contributed by atoms with Gasteiger partial charge in [-0.2, -0.15) is 9.61 Å². The van der Waals surface area contributed by atoms with E-state index < -0.39 is 5.60 Å². The van der Waals surface area contributed by atoms with Gasteiger partial charge in [0.05, 0.1) is 23.2 Å². The molecule has 11 nitrogen and oxygen atoms in total. The first-order valence-electron chi connectivity index (χ1n) is 14.1. The summed E-state index contributed by atoms with van der Waals surface area (Å²) in [6, 6.07) is 14.2. The molecule has 1 aliphatic carbocycles. The predicted molar refractivity (Wildman–Crippen MR) is 151 cm³/mol. The van der Waals surface area contributed by atoms with Crippen LogP contribution in [0.2, 0.25) is 0 Å². The van der Waals surface area contributed by atoms with Crippen LogP contribution >= 0.6 is 0 Å². The highest BCUT2D eigenvalue weighted by Crippen LogP contribution is 2.53. The fourth-order valence-corrected chi connectivity index (χ4v) is 6.87.